The highest BCUT2D eigenvalue weighted by atomic mass is 79.9. The maximum Gasteiger partial charge on any atom is 0.308 e. The van der Waals surface area contributed by atoms with E-state index in [1.807, 2.05) is 50.4 Å². The molecule has 0 N–H and O–H groups in total. The molecule has 194 valence electrons. The molecule has 5 nitrogen and oxygen atoms in total. The number of nitrogens with zero attached hydrogens (tertiary/aromatic N) is 2. The predicted octanol–water partition coefficient (Wildman–Crippen LogP) is 8.68. The topological polar surface area (TPSA) is 71.7 Å². The summed E-state index contributed by atoms with van der Waals surface area (Å²) in [7, 11) is 0. The lowest BCUT2D eigenvalue weighted by Crippen LogP contribution is -2.18. The minimum absolute atomic E-state index is 0.101. The first-order valence-corrected chi connectivity index (χ1v) is 14.2. The lowest BCUT2D eigenvalue weighted by Gasteiger charge is -2.15. The zero-order valence-electron chi connectivity index (χ0n) is 21.4. The van der Waals surface area contributed by atoms with Crippen LogP contribution in [0.15, 0.2) is 51.3 Å². The number of carbonyl (C=O) groups excluding carboxylic acids is 1. The fraction of sp³-hybridized carbons (Fsp3) is 0.393. The number of ether oxygens (including phenoxy) is 2. The van der Waals surface area contributed by atoms with Crippen LogP contribution in [0.2, 0.25) is 5.02 Å². The third kappa shape index (κ3) is 10.0. The number of nitriles is 1. The van der Waals surface area contributed by atoms with Gasteiger partial charge in [0.2, 0.25) is 0 Å². The van der Waals surface area contributed by atoms with Gasteiger partial charge in [0.05, 0.1) is 34.9 Å². The zero-order valence-corrected chi connectivity index (χ0v) is 24.5. The Morgan fingerprint density at radius 3 is 2.67 bits per heavy atom. The van der Waals surface area contributed by atoms with Crippen molar-refractivity contribution in [2.75, 3.05) is 12.4 Å². The number of hydrogen-bond donors (Lipinski definition) is 0. The quantitative estimate of drug-likeness (QED) is 0.132. The van der Waals surface area contributed by atoms with Crippen LogP contribution in [0.4, 0.5) is 0 Å². The number of aliphatic imine (C=N–C) groups is 1. The molecule has 0 bridgehead atoms. The Kier molecular flexibility index (Phi) is 15.9. The summed E-state index contributed by atoms with van der Waals surface area (Å²) in [5.41, 5.74) is 2.62. The normalized spacial score (nSPS) is 11.5. The molecule has 0 saturated carbocycles. The second-order valence-corrected chi connectivity index (χ2v) is 9.68. The van der Waals surface area contributed by atoms with Crippen LogP contribution in [-0.2, 0) is 16.1 Å². The van der Waals surface area contributed by atoms with E-state index in [1.54, 1.807) is 23.9 Å². The molecule has 0 aliphatic carbocycles. The summed E-state index contributed by atoms with van der Waals surface area (Å²) >= 11 is 11.4. The van der Waals surface area contributed by atoms with E-state index < -0.39 is 0 Å². The minimum atomic E-state index is -0.133. The van der Waals surface area contributed by atoms with Crippen molar-refractivity contribution >= 4 is 57.7 Å². The van der Waals surface area contributed by atoms with E-state index in [9.17, 15) is 10.1 Å². The Morgan fingerprint density at radius 2 is 2.03 bits per heavy atom. The molecule has 0 aliphatic heterocycles. The molecule has 8 heteroatoms. The maximum absolute atomic E-state index is 12.1. The third-order valence-corrected chi connectivity index (χ3v) is 6.67. The fourth-order valence-electron chi connectivity index (χ4n) is 3.31. The van der Waals surface area contributed by atoms with Crippen molar-refractivity contribution in [2.45, 2.75) is 53.6 Å². The lowest BCUT2D eigenvalue weighted by molar-refractivity contribution is -0.148. The van der Waals surface area contributed by atoms with Gasteiger partial charge in [-0.2, -0.15) is 5.26 Å². The summed E-state index contributed by atoms with van der Waals surface area (Å²) in [6, 6.07) is 13.1. The van der Waals surface area contributed by atoms with Gasteiger partial charge in [0.15, 0.2) is 0 Å². The van der Waals surface area contributed by atoms with E-state index in [4.69, 9.17) is 21.1 Å². The van der Waals surface area contributed by atoms with Crippen LogP contribution in [-0.4, -0.2) is 25.0 Å². The summed E-state index contributed by atoms with van der Waals surface area (Å²) < 4.78 is 12.1. The van der Waals surface area contributed by atoms with Crippen molar-refractivity contribution in [1.29, 1.82) is 5.26 Å². The summed E-state index contributed by atoms with van der Waals surface area (Å²) in [5, 5.41) is 11.8. The Labute approximate surface area is 233 Å². The van der Waals surface area contributed by atoms with Gasteiger partial charge in [-0.25, -0.2) is 0 Å². The molecular weight excluding hydrogens is 560 g/mol. The van der Waals surface area contributed by atoms with Gasteiger partial charge in [0.1, 0.15) is 12.4 Å². The Morgan fingerprint density at radius 1 is 1.28 bits per heavy atom. The first-order valence-electron chi connectivity index (χ1n) is 12.0. The van der Waals surface area contributed by atoms with Gasteiger partial charge in [0, 0.05) is 15.6 Å². The van der Waals surface area contributed by atoms with Gasteiger partial charge in [0.25, 0.3) is 0 Å². The van der Waals surface area contributed by atoms with E-state index in [0.29, 0.717) is 34.2 Å². The maximum atomic E-state index is 12.1. The van der Waals surface area contributed by atoms with Gasteiger partial charge in [-0.05, 0) is 61.9 Å². The molecule has 0 saturated heterocycles. The van der Waals surface area contributed by atoms with E-state index >= 15 is 0 Å². The number of para-hydroxylation sites is 1. The molecule has 0 amide bonds. The van der Waals surface area contributed by atoms with E-state index in [0.717, 1.165) is 35.1 Å². The van der Waals surface area contributed by atoms with Crippen LogP contribution in [0.5, 0.6) is 5.75 Å². The SMILES string of the molecule is C=N/C(=C\SCCC(CCC)C(=O)OCC)c1cccc(Cl)c1OCc1ccc(Br)cc1C#N.CC. The van der Waals surface area contributed by atoms with Gasteiger partial charge in [-0.15, -0.1) is 11.8 Å². The van der Waals surface area contributed by atoms with Crippen LogP contribution in [0.1, 0.15) is 63.6 Å². The molecule has 0 aromatic heterocycles. The molecule has 2 rings (SSSR count). The molecule has 1 atom stereocenters. The Bertz CT molecular complexity index is 1070. The number of halogens is 2. The minimum Gasteiger partial charge on any atom is -0.487 e. The first kappa shape index (κ1) is 31.8. The molecule has 2 aromatic carbocycles. The molecule has 0 heterocycles. The molecule has 0 aliphatic rings. The highest BCUT2D eigenvalue weighted by Crippen LogP contribution is 2.36. The number of rotatable bonds is 13. The molecule has 0 spiro atoms. The molecular formula is C28H34BrClN2O3S. The number of thioether (sulfide) groups is 1. The Balaban J connectivity index is 0.00000316. The average molecular weight is 594 g/mol. The Hall–Kier alpha value is -2.27. The summed E-state index contributed by atoms with van der Waals surface area (Å²) in [6.07, 6.45) is 2.46. The van der Waals surface area contributed by atoms with Crippen LogP contribution < -0.4 is 4.74 Å². The van der Waals surface area contributed by atoms with Crippen LogP contribution in [0.25, 0.3) is 5.70 Å². The van der Waals surface area contributed by atoms with Gasteiger partial charge < -0.3 is 9.47 Å². The third-order valence-electron chi connectivity index (χ3n) is 5.01. The summed E-state index contributed by atoms with van der Waals surface area (Å²) in [4.78, 5) is 16.3. The second-order valence-electron chi connectivity index (χ2n) is 7.38. The van der Waals surface area contributed by atoms with Crippen molar-refractivity contribution < 1.29 is 14.3 Å². The average Bonchev–Trinajstić information content (AvgIpc) is 2.89. The lowest BCUT2D eigenvalue weighted by atomic mass is 10.0. The summed E-state index contributed by atoms with van der Waals surface area (Å²) in [6.45, 7) is 12.2. The second kappa shape index (κ2) is 18.0. The van der Waals surface area contributed by atoms with Crippen LogP contribution in [0, 0.1) is 17.2 Å². The number of hydrogen-bond acceptors (Lipinski definition) is 6. The van der Waals surface area contributed by atoms with Gasteiger partial charge in [-0.3, -0.25) is 9.79 Å². The zero-order chi connectivity index (χ0) is 26.9. The molecule has 36 heavy (non-hydrogen) atoms. The molecule has 2 aromatic rings. The molecule has 0 fully saturated rings. The fourth-order valence-corrected chi connectivity index (χ4v) is 4.80. The van der Waals surface area contributed by atoms with E-state index in [1.165, 1.54) is 0 Å². The highest BCUT2D eigenvalue weighted by molar-refractivity contribution is 9.10. The van der Waals surface area contributed by atoms with Crippen molar-refractivity contribution in [1.82, 2.24) is 0 Å². The van der Waals surface area contributed by atoms with E-state index in [-0.39, 0.29) is 18.5 Å². The van der Waals surface area contributed by atoms with E-state index in [2.05, 4.69) is 40.6 Å². The van der Waals surface area contributed by atoms with Crippen LogP contribution >= 0.6 is 39.3 Å². The first-order chi connectivity index (χ1) is 17.4. The smallest absolute Gasteiger partial charge is 0.308 e. The van der Waals surface area contributed by atoms with Crippen molar-refractivity contribution in [3.63, 3.8) is 0 Å². The van der Waals surface area contributed by atoms with Gasteiger partial charge >= 0.3 is 5.97 Å². The molecule has 1 unspecified atom stereocenters. The van der Waals surface area contributed by atoms with Crippen molar-refractivity contribution in [3.8, 4) is 11.8 Å². The number of benzene rings is 2. The summed E-state index contributed by atoms with van der Waals surface area (Å²) in [5.74, 6) is 0.983. The van der Waals surface area contributed by atoms with Crippen molar-refractivity contribution in [3.05, 3.63) is 68.0 Å². The van der Waals surface area contributed by atoms with Crippen LogP contribution in [0.3, 0.4) is 0 Å². The van der Waals surface area contributed by atoms with Crippen molar-refractivity contribution in [2.24, 2.45) is 10.9 Å². The molecule has 0 radical (unpaired) electrons. The standard InChI is InChI=1S/C26H28BrClN2O3S.C2H6/c1-4-7-18(26(31)32-5-2)12-13-34-17-24(30-3)22-8-6-9-23(28)25(22)33-16-19-10-11-21(27)14-20(19)15-29;1-2/h6,8-11,14,17-18H,3-5,7,12-13,16H2,1-2H3;1-2H3/b24-17-;. The predicted molar refractivity (Wildman–Crippen MR) is 156 cm³/mol. The number of carbonyl (C=O) groups is 1. The monoisotopic (exact) mass is 592 g/mol. The highest BCUT2D eigenvalue weighted by Gasteiger charge is 2.18. The number of esters is 1. The van der Waals surface area contributed by atoms with Gasteiger partial charge in [-0.1, -0.05) is 66.9 Å². The largest absolute Gasteiger partial charge is 0.487 e.